The molecule has 0 aliphatic heterocycles. The van der Waals surface area contributed by atoms with Crippen LogP contribution >= 0.6 is 0 Å². The molecule has 2 heterocycles. The summed E-state index contributed by atoms with van der Waals surface area (Å²) >= 11 is 0. The number of hydrogen-bond acceptors (Lipinski definition) is 2. The lowest BCUT2D eigenvalue weighted by Gasteiger charge is -2.28. The average Bonchev–Trinajstić information content (AvgIpc) is 3.88. The zero-order valence-corrected chi connectivity index (χ0v) is 33.2. The molecule has 286 valence electrons. The second-order valence-corrected chi connectivity index (χ2v) is 15.7. The third-order valence-electron chi connectivity index (χ3n) is 12.2. The summed E-state index contributed by atoms with van der Waals surface area (Å²) in [5, 5.41) is 7.13. The molecule has 61 heavy (non-hydrogen) atoms. The molecule has 10 aromatic carbocycles. The third kappa shape index (κ3) is 5.82. The summed E-state index contributed by atoms with van der Waals surface area (Å²) in [6.07, 6.45) is 0. The standard InChI is InChI=1S/C58H38N2O/c1-2-14-39(15-3-1)40-28-32-44(33-29-40)59(45-34-30-42(31-35-45)48-24-13-17-41-16-4-5-20-47(41)48)55-37-36-52-51-23-8-11-27-56(51)61-58(52)57(55)43-18-12-19-46(38-43)60-53-25-9-6-21-49(53)50-22-7-10-26-54(50)60/h1-38H. The number of nitrogens with zero attached hydrogens (tertiary/aromatic N) is 2. The molecule has 0 spiro atoms. The van der Waals surface area contributed by atoms with Crippen LogP contribution in [-0.4, -0.2) is 4.57 Å². The number of furan rings is 1. The first-order valence-electron chi connectivity index (χ1n) is 20.8. The monoisotopic (exact) mass is 778 g/mol. The Labute approximate surface area is 353 Å². The molecular formula is C58H38N2O. The van der Waals surface area contributed by atoms with Gasteiger partial charge in [-0.25, -0.2) is 0 Å². The summed E-state index contributed by atoms with van der Waals surface area (Å²) in [6.45, 7) is 0. The lowest BCUT2D eigenvalue weighted by Crippen LogP contribution is -2.11. The Balaban J connectivity index is 1.09. The lowest BCUT2D eigenvalue weighted by atomic mass is 9.96. The molecule has 0 amide bonds. The van der Waals surface area contributed by atoms with E-state index in [1.165, 1.54) is 54.8 Å². The molecule has 0 saturated carbocycles. The van der Waals surface area contributed by atoms with E-state index >= 15 is 0 Å². The van der Waals surface area contributed by atoms with Crippen molar-refractivity contribution in [2.45, 2.75) is 0 Å². The van der Waals surface area contributed by atoms with Gasteiger partial charge in [0, 0.05) is 44.2 Å². The van der Waals surface area contributed by atoms with Gasteiger partial charge in [0.1, 0.15) is 11.2 Å². The van der Waals surface area contributed by atoms with Crippen LogP contribution in [0.15, 0.2) is 235 Å². The van der Waals surface area contributed by atoms with Crippen molar-refractivity contribution >= 4 is 71.6 Å². The maximum Gasteiger partial charge on any atom is 0.145 e. The van der Waals surface area contributed by atoms with E-state index in [1.807, 2.05) is 6.07 Å². The van der Waals surface area contributed by atoms with Gasteiger partial charge in [0.2, 0.25) is 0 Å². The Morgan fingerprint density at radius 1 is 0.361 bits per heavy atom. The molecule has 3 nitrogen and oxygen atoms in total. The van der Waals surface area contributed by atoms with E-state index in [2.05, 4.69) is 234 Å². The van der Waals surface area contributed by atoms with Crippen molar-refractivity contribution < 1.29 is 4.42 Å². The van der Waals surface area contributed by atoms with E-state index in [-0.39, 0.29) is 0 Å². The van der Waals surface area contributed by atoms with E-state index in [4.69, 9.17) is 4.42 Å². The molecule has 0 bridgehead atoms. The smallest absolute Gasteiger partial charge is 0.145 e. The molecule has 2 aromatic heterocycles. The maximum absolute atomic E-state index is 6.93. The van der Waals surface area contributed by atoms with Crippen molar-refractivity contribution in [3.05, 3.63) is 231 Å². The summed E-state index contributed by atoms with van der Waals surface area (Å²) in [5.41, 5.74) is 15.1. The van der Waals surface area contributed by atoms with Crippen LogP contribution in [0.4, 0.5) is 17.1 Å². The lowest BCUT2D eigenvalue weighted by molar-refractivity contribution is 0.670. The molecule has 0 unspecified atom stereocenters. The van der Waals surface area contributed by atoms with Crippen LogP contribution in [0.2, 0.25) is 0 Å². The van der Waals surface area contributed by atoms with E-state index in [0.29, 0.717) is 0 Å². The fourth-order valence-corrected chi connectivity index (χ4v) is 9.37. The quantitative estimate of drug-likeness (QED) is 0.161. The van der Waals surface area contributed by atoms with Crippen molar-refractivity contribution in [2.24, 2.45) is 0 Å². The van der Waals surface area contributed by atoms with Crippen LogP contribution in [0.3, 0.4) is 0 Å². The average molecular weight is 779 g/mol. The van der Waals surface area contributed by atoms with E-state index < -0.39 is 0 Å². The minimum Gasteiger partial charge on any atom is -0.455 e. The maximum atomic E-state index is 6.93. The Morgan fingerprint density at radius 3 is 1.66 bits per heavy atom. The number of hydrogen-bond donors (Lipinski definition) is 0. The van der Waals surface area contributed by atoms with E-state index in [0.717, 1.165) is 55.8 Å². The topological polar surface area (TPSA) is 21.3 Å². The van der Waals surface area contributed by atoms with Crippen LogP contribution in [0.25, 0.3) is 93.6 Å². The predicted octanol–water partition coefficient (Wildman–Crippen LogP) is 16.3. The Bertz CT molecular complexity index is 3520. The first-order valence-corrected chi connectivity index (χ1v) is 20.8. The fraction of sp³-hybridized carbons (Fsp3) is 0. The van der Waals surface area contributed by atoms with Crippen molar-refractivity contribution in [1.82, 2.24) is 4.57 Å². The first-order chi connectivity index (χ1) is 30.3. The van der Waals surface area contributed by atoms with Gasteiger partial charge in [0.25, 0.3) is 0 Å². The molecule has 0 aliphatic rings. The second kappa shape index (κ2) is 14.3. The summed E-state index contributed by atoms with van der Waals surface area (Å²) in [7, 11) is 0. The normalized spacial score (nSPS) is 11.6. The third-order valence-corrected chi connectivity index (χ3v) is 12.2. The van der Waals surface area contributed by atoms with Crippen LogP contribution in [-0.2, 0) is 0 Å². The zero-order chi connectivity index (χ0) is 40.3. The van der Waals surface area contributed by atoms with Gasteiger partial charge in [-0.15, -0.1) is 0 Å². The number of fused-ring (bicyclic) bond motifs is 7. The van der Waals surface area contributed by atoms with Crippen molar-refractivity contribution in [1.29, 1.82) is 0 Å². The highest BCUT2D eigenvalue weighted by molar-refractivity contribution is 6.14. The van der Waals surface area contributed by atoms with Gasteiger partial charge in [-0.3, -0.25) is 0 Å². The van der Waals surface area contributed by atoms with Crippen molar-refractivity contribution in [2.75, 3.05) is 4.90 Å². The van der Waals surface area contributed by atoms with Gasteiger partial charge in [-0.05, 0) is 105 Å². The number of rotatable bonds is 7. The Morgan fingerprint density at radius 2 is 0.918 bits per heavy atom. The molecule has 0 saturated heterocycles. The molecule has 0 N–H and O–H groups in total. The SMILES string of the molecule is c1ccc(-c2ccc(N(c3ccc(-c4cccc5ccccc45)cc3)c3ccc4c(oc5ccccc54)c3-c3cccc(-n4c5ccccc5c5ccccc54)c3)cc2)cc1. The summed E-state index contributed by atoms with van der Waals surface area (Å²) in [6, 6.07) is 82.9. The highest BCUT2D eigenvalue weighted by Crippen LogP contribution is 2.48. The van der Waals surface area contributed by atoms with Crippen LogP contribution in [0, 0.1) is 0 Å². The number of benzene rings is 10. The second-order valence-electron chi connectivity index (χ2n) is 15.7. The summed E-state index contributed by atoms with van der Waals surface area (Å²) in [4.78, 5) is 2.39. The van der Waals surface area contributed by atoms with Crippen molar-refractivity contribution in [3.63, 3.8) is 0 Å². The fourth-order valence-electron chi connectivity index (χ4n) is 9.37. The minimum absolute atomic E-state index is 0.858. The summed E-state index contributed by atoms with van der Waals surface area (Å²) < 4.78 is 9.32. The van der Waals surface area contributed by atoms with Gasteiger partial charge in [-0.1, -0.05) is 164 Å². The highest BCUT2D eigenvalue weighted by atomic mass is 16.3. The van der Waals surface area contributed by atoms with Crippen LogP contribution in [0.5, 0.6) is 0 Å². The van der Waals surface area contributed by atoms with Crippen molar-refractivity contribution in [3.8, 4) is 39.1 Å². The van der Waals surface area contributed by atoms with Gasteiger partial charge in [-0.2, -0.15) is 0 Å². The van der Waals surface area contributed by atoms with Gasteiger partial charge in [0.15, 0.2) is 0 Å². The summed E-state index contributed by atoms with van der Waals surface area (Å²) in [5.74, 6) is 0. The molecule has 0 fully saturated rings. The number of para-hydroxylation sites is 3. The molecule has 0 radical (unpaired) electrons. The molecule has 12 aromatic rings. The minimum atomic E-state index is 0.858. The molecule has 0 aliphatic carbocycles. The van der Waals surface area contributed by atoms with Gasteiger partial charge in [0.05, 0.1) is 16.7 Å². The van der Waals surface area contributed by atoms with E-state index in [9.17, 15) is 0 Å². The largest absolute Gasteiger partial charge is 0.455 e. The molecule has 12 rings (SSSR count). The van der Waals surface area contributed by atoms with E-state index in [1.54, 1.807) is 0 Å². The number of aromatic nitrogens is 1. The van der Waals surface area contributed by atoms with Crippen LogP contribution in [0.1, 0.15) is 0 Å². The molecule has 0 atom stereocenters. The Hall–Kier alpha value is -8.14. The van der Waals surface area contributed by atoms with Crippen LogP contribution < -0.4 is 4.90 Å². The first kappa shape index (κ1) is 34.9. The molecular weight excluding hydrogens is 741 g/mol. The number of anilines is 3. The Kier molecular flexibility index (Phi) is 8.17. The highest BCUT2D eigenvalue weighted by Gasteiger charge is 2.24. The van der Waals surface area contributed by atoms with Gasteiger partial charge < -0.3 is 13.9 Å². The van der Waals surface area contributed by atoms with Gasteiger partial charge >= 0.3 is 0 Å². The molecule has 3 heteroatoms. The predicted molar refractivity (Wildman–Crippen MR) is 257 cm³/mol. The zero-order valence-electron chi connectivity index (χ0n) is 33.2.